The smallest absolute Gasteiger partial charge is 0.303 e. The minimum Gasteiger partial charge on any atom is -0.303 e. The summed E-state index contributed by atoms with van der Waals surface area (Å²) in [5.41, 5.74) is 2.46. The normalized spacial score (nSPS) is 14.8. The lowest BCUT2D eigenvalue weighted by molar-refractivity contribution is -0.702. The molecule has 1 fully saturated rings. The van der Waals surface area contributed by atoms with Crippen molar-refractivity contribution in [1.29, 1.82) is 0 Å². The first-order valence-electron chi connectivity index (χ1n) is 11.2. The summed E-state index contributed by atoms with van der Waals surface area (Å²) in [6.45, 7) is 4.27. The summed E-state index contributed by atoms with van der Waals surface area (Å²) >= 11 is 1.79. The van der Waals surface area contributed by atoms with E-state index in [1.54, 1.807) is 15.9 Å². The molecule has 1 saturated heterocycles. The molecular formula is C26H29N4OS+. The molecule has 4 aromatic rings. The number of carbonyl (C=O) groups is 1. The average molecular weight is 446 g/mol. The Bertz CT molecular complexity index is 1200. The molecule has 1 aliphatic heterocycles. The number of nitrogens with zero attached hydrogens (tertiary/aromatic N) is 4. The Labute approximate surface area is 193 Å². The molecule has 6 heteroatoms. The molecule has 3 heterocycles. The van der Waals surface area contributed by atoms with Crippen molar-refractivity contribution in [3.8, 4) is 0 Å². The van der Waals surface area contributed by atoms with Gasteiger partial charge in [-0.2, -0.15) is 4.57 Å². The van der Waals surface area contributed by atoms with Crippen LogP contribution in [0.5, 0.6) is 0 Å². The molecule has 1 aliphatic rings. The van der Waals surface area contributed by atoms with Gasteiger partial charge in [-0.15, -0.1) is 11.3 Å². The summed E-state index contributed by atoms with van der Waals surface area (Å²) in [4.78, 5) is 18.8. The van der Waals surface area contributed by atoms with Crippen LogP contribution in [0.15, 0.2) is 72.5 Å². The van der Waals surface area contributed by atoms with Crippen LogP contribution in [-0.4, -0.2) is 53.6 Å². The van der Waals surface area contributed by atoms with Crippen molar-refractivity contribution in [2.24, 2.45) is 0 Å². The van der Waals surface area contributed by atoms with E-state index in [1.807, 2.05) is 17.4 Å². The van der Waals surface area contributed by atoms with E-state index in [4.69, 9.17) is 0 Å². The lowest BCUT2D eigenvalue weighted by atomic mass is 10.0. The number of carbonyl (C=O) groups excluding carboxylic acids is 1. The maximum atomic E-state index is 13.2. The number of hydrogen-bond donors (Lipinski definition) is 0. The summed E-state index contributed by atoms with van der Waals surface area (Å²) in [5.74, 6) is 0. The van der Waals surface area contributed by atoms with E-state index in [1.165, 1.54) is 26.9 Å². The van der Waals surface area contributed by atoms with Crippen LogP contribution in [-0.2, 0) is 19.4 Å². The van der Waals surface area contributed by atoms with Crippen molar-refractivity contribution < 1.29 is 9.36 Å². The van der Waals surface area contributed by atoms with Crippen molar-refractivity contribution in [1.82, 2.24) is 14.4 Å². The maximum Gasteiger partial charge on any atom is 0.415 e. The number of amides is 1. The van der Waals surface area contributed by atoms with Crippen LogP contribution in [0.1, 0.15) is 16.1 Å². The van der Waals surface area contributed by atoms with Crippen LogP contribution in [0, 0.1) is 0 Å². The number of aromatic nitrogens is 2. The minimum atomic E-state index is 0.0761. The lowest BCUT2D eigenvalue weighted by Gasteiger charge is -2.30. The fourth-order valence-corrected chi connectivity index (χ4v) is 5.13. The monoisotopic (exact) mass is 445 g/mol. The number of rotatable bonds is 5. The zero-order valence-electron chi connectivity index (χ0n) is 18.5. The van der Waals surface area contributed by atoms with Gasteiger partial charge in [0.2, 0.25) is 0 Å². The number of likely N-dealkylation sites (N-methyl/N-ethyl adjacent to an activating group) is 1. The summed E-state index contributed by atoms with van der Waals surface area (Å²) in [5, 5.41) is 4.65. The molecular weight excluding hydrogens is 416 g/mol. The number of aryl methyl sites for hydroxylation is 2. The van der Waals surface area contributed by atoms with E-state index < -0.39 is 0 Å². The average Bonchev–Trinajstić information content (AvgIpc) is 3.48. The largest absolute Gasteiger partial charge is 0.415 e. The van der Waals surface area contributed by atoms with Gasteiger partial charge >= 0.3 is 6.03 Å². The molecule has 5 nitrogen and oxygen atoms in total. The van der Waals surface area contributed by atoms with Gasteiger partial charge in [-0.3, -0.25) is 0 Å². The fourth-order valence-electron chi connectivity index (χ4n) is 4.43. The van der Waals surface area contributed by atoms with Gasteiger partial charge in [-0.1, -0.05) is 48.5 Å². The number of thiophene rings is 1. The summed E-state index contributed by atoms with van der Waals surface area (Å²) in [6, 6.07) is 19.4. The van der Waals surface area contributed by atoms with Crippen molar-refractivity contribution >= 4 is 28.1 Å². The standard InChI is InChI=1S/C26H29N4OS/c1-27-13-15-28(16-14-27)26(31)30-19-23(29(20-30)12-11-24-9-5-17-32-24)18-22-8-4-7-21-6-2-3-10-25(21)22/h2-10,17,19-20H,11-16,18H2,1H3/q+1. The Morgan fingerprint density at radius 3 is 2.62 bits per heavy atom. The van der Waals surface area contributed by atoms with Gasteiger partial charge < -0.3 is 9.80 Å². The highest BCUT2D eigenvalue weighted by Crippen LogP contribution is 2.21. The minimum absolute atomic E-state index is 0.0761. The highest BCUT2D eigenvalue weighted by atomic mass is 32.1. The van der Waals surface area contributed by atoms with Gasteiger partial charge in [0.15, 0.2) is 0 Å². The Morgan fingerprint density at radius 2 is 1.81 bits per heavy atom. The third-order valence-corrected chi connectivity index (χ3v) is 7.28. The van der Waals surface area contributed by atoms with Crippen molar-refractivity contribution in [2.75, 3.05) is 33.2 Å². The SMILES string of the molecule is CN1CCN(C(=O)n2cc(Cc3cccc4ccccc34)[n+](CCc3cccs3)c2)CC1. The molecule has 164 valence electrons. The molecule has 0 aliphatic carbocycles. The van der Waals surface area contributed by atoms with Gasteiger partial charge in [-0.25, -0.2) is 9.36 Å². The summed E-state index contributed by atoms with van der Waals surface area (Å²) < 4.78 is 4.05. The van der Waals surface area contributed by atoms with Gasteiger partial charge in [0, 0.05) is 43.9 Å². The molecule has 0 atom stereocenters. The van der Waals surface area contributed by atoms with Crippen LogP contribution < -0.4 is 4.57 Å². The fraction of sp³-hybridized carbons (Fsp3) is 0.308. The van der Waals surface area contributed by atoms with E-state index in [-0.39, 0.29) is 6.03 Å². The highest BCUT2D eigenvalue weighted by Gasteiger charge is 2.26. The molecule has 1 amide bonds. The first-order valence-corrected chi connectivity index (χ1v) is 12.1. The second-order valence-corrected chi connectivity index (χ2v) is 9.59. The molecule has 0 spiro atoms. The molecule has 5 rings (SSSR count). The predicted molar refractivity (Wildman–Crippen MR) is 129 cm³/mol. The van der Waals surface area contributed by atoms with Crippen LogP contribution in [0.25, 0.3) is 10.8 Å². The van der Waals surface area contributed by atoms with Crippen molar-refractivity contribution in [2.45, 2.75) is 19.4 Å². The molecule has 2 aromatic carbocycles. The number of piperazine rings is 1. The zero-order chi connectivity index (χ0) is 21.9. The Morgan fingerprint density at radius 1 is 1.00 bits per heavy atom. The number of imidazole rings is 1. The van der Waals surface area contributed by atoms with E-state index in [2.05, 4.69) is 76.5 Å². The van der Waals surface area contributed by atoms with Crippen LogP contribution in [0.4, 0.5) is 4.79 Å². The van der Waals surface area contributed by atoms with E-state index >= 15 is 0 Å². The second-order valence-electron chi connectivity index (χ2n) is 8.55. The molecule has 0 radical (unpaired) electrons. The van der Waals surface area contributed by atoms with Gasteiger partial charge in [0.25, 0.3) is 6.33 Å². The highest BCUT2D eigenvalue weighted by molar-refractivity contribution is 7.09. The first-order chi connectivity index (χ1) is 15.7. The quantitative estimate of drug-likeness (QED) is 0.434. The molecule has 0 bridgehead atoms. The predicted octanol–water partition coefficient (Wildman–Crippen LogP) is 4.04. The van der Waals surface area contributed by atoms with Crippen molar-refractivity contribution in [3.63, 3.8) is 0 Å². The van der Waals surface area contributed by atoms with Gasteiger partial charge in [0.05, 0.1) is 6.54 Å². The van der Waals surface area contributed by atoms with Crippen LogP contribution in [0.3, 0.4) is 0 Å². The maximum absolute atomic E-state index is 13.2. The molecule has 32 heavy (non-hydrogen) atoms. The van der Waals surface area contributed by atoms with E-state index in [9.17, 15) is 4.79 Å². The summed E-state index contributed by atoms with van der Waals surface area (Å²) in [7, 11) is 2.11. The molecule has 2 aromatic heterocycles. The van der Waals surface area contributed by atoms with E-state index in [0.29, 0.717) is 0 Å². The second kappa shape index (κ2) is 9.27. The Hall–Kier alpha value is -2.96. The zero-order valence-corrected chi connectivity index (χ0v) is 19.3. The first kappa shape index (κ1) is 20.9. The van der Waals surface area contributed by atoms with Crippen molar-refractivity contribution in [3.05, 3.63) is 88.6 Å². The number of benzene rings is 2. The molecule has 0 N–H and O–H groups in total. The van der Waals surface area contributed by atoms with Crippen LogP contribution in [0.2, 0.25) is 0 Å². The Balaban J connectivity index is 1.44. The Kier molecular flexibility index (Phi) is 6.06. The van der Waals surface area contributed by atoms with Gasteiger partial charge in [-0.05, 0) is 34.8 Å². The third-order valence-electron chi connectivity index (χ3n) is 6.35. The summed E-state index contributed by atoms with van der Waals surface area (Å²) in [6.07, 6.45) is 5.80. The number of fused-ring (bicyclic) bond motifs is 1. The topological polar surface area (TPSA) is 32.4 Å². The van der Waals surface area contributed by atoms with Crippen LogP contribution >= 0.6 is 11.3 Å². The molecule has 0 saturated carbocycles. The van der Waals surface area contributed by atoms with E-state index in [0.717, 1.165) is 45.6 Å². The molecule has 0 unspecified atom stereocenters. The lowest BCUT2D eigenvalue weighted by Crippen LogP contribution is -2.48. The third kappa shape index (κ3) is 4.47. The van der Waals surface area contributed by atoms with Gasteiger partial charge in [0.1, 0.15) is 11.9 Å². The number of hydrogen-bond acceptors (Lipinski definition) is 3.